The summed E-state index contributed by atoms with van der Waals surface area (Å²) in [5.41, 5.74) is 2.41. The lowest BCUT2D eigenvalue weighted by atomic mass is 10.1. The van der Waals surface area contributed by atoms with E-state index in [-0.39, 0.29) is 11.6 Å². The van der Waals surface area contributed by atoms with Gasteiger partial charge in [-0.3, -0.25) is 4.79 Å². The molecule has 0 atom stereocenters. The minimum Gasteiger partial charge on any atom is -0.317 e. The van der Waals surface area contributed by atoms with Crippen molar-refractivity contribution in [3.63, 3.8) is 0 Å². The largest absolute Gasteiger partial charge is 0.317 e. The number of thiazole rings is 1. The lowest BCUT2D eigenvalue weighted by Gasteiger charge is -2.23. The average molecular weight is 236 g/mol. The van der Waals surface area contributed by atoms with Gasteiger partial charge in [0.15, 0.2) is 0 Å². The van der Waals surface area contributed by atoms with Gasteiger partial charge in [0, 0.05) is 0 Å². The topological polar surface area (TPSA) is 59.8 Å². The van der Waals surface area contributed by atoms with E-state index >= 15 is 0 Å². The van der Waals surface area contributed by atoms with E-state index in [1.807, 2.05) is 0 Å². The second-order valence-electron chi connectivity index (χ2n) is 3.94. The van der Waals surface area contributed by atoms with Gasteiger partial charge in [0.25, 0.3) is 5.56 Å². The van der Waals surface area contributed by atoms with Crippen LogP contribution in [0.25, 0.3) is 10.2 Å². The molecule has 0 unspecified atom stereocenters. The normalized spacial score (nSPS) is 18.0. The maximum Gasteiger partial charge on any atom is 0.286 e. The minimum atomic E-state index is 0.00639. The summed E-state index contributed by atoms with van der Waals surface area (Å²) < 4.78 is 2.34. The van der Waals surface area contributed by atoms with Gasteiger partial charge in [0.1, 0.15) is 10.2 Å². The highest BCUT2D eigenvalue weighted by atomic mass is 32.1. The van der Waals surface area contributed by atoms with Crippen LogP contribution in [-0.2, 0) is 0 Å². The Morgan fingerprint density at radius 2 is 2.25 bits per heavy atom. The Hall–Kier alpha value is -1.27. The molecule has 2 aromatic rings. The third kappa shape index (κ3) is 1.54. The molecular formula is C10H12N4OS. The maximum absolute atomic E-state index is 12.1. The van der Waals surface area contributed by atoms with Crippen molar-refractivity contribution in [3.05, 3.63) is 22.1 Å². The molecule has 0 saturated carbocycles. The predicted molar refractivity (Wildman–Crippen MR) is 62.8 cm³/mol. The Morgan fingerprint density at radius 1 is 1.44 bits per heavy atom. The molecule has 1 aliphatic heterocycles. The third-order valence-corrected chi connectivity index (χ3v) is 3.79. The van der Waals surface area contributed by atoms with E-state index in [1.54, 1.807) is 16.4 Å². The SMILES string of the molecule is O=c1c2scnc2cnn1C1CCNCC1. The fourth-order valence-corrected chi connectivity index (χ4v) is 2.78. The van der Waals surface area contributed by atoms with Crippen molar-refractivity contribution in [2.75, 3.05) is 13.1 Å². The van der Waals surface area contributed by atoms with E-state index in [1.165, 1.54) is 11.3 Å². The number of nitrogens with one attached hydrogen (secondary N) is 1. The van der Waals surface area contributed by atoms with E-state index in [0.29, 0.717) is 10.2 Å². The van der Waals surface area contributed by atoms with E-state index in [0.717, 1.165) is 25.9 Å². The summed E-state index contributed by atoms with van der Waals surface area (Å²) in [7, 11) is 0. The zero-order chi connectivity index (χ0) is 11.0. The van der Waals surface area contributed by atoms with Gasteiger partial charge < -0.3 is 5.32 Å². The lowest BCUT2D eigenvalue weighted by molar-refractivity contribution is 0.333. The maximum atomic E-state index is 12.1. The number of nitrogens with zero attached hydrogens (tertiary/aromatic N) is 3. The summed E-state index contributed by atoms with van der Waals surface area (Å²) in [6, 6.07) is 0.236. The van der Waals surface area contributed by atoms with Crippen molar-refractivity contribution in [1.29, 1.82) is 0 Å². The quantitative estimate of drug-likeness (QED) is 0.794. The third-order valence-electron chi connectivity index (χ3n) is 2.96. The van der Waals surface area contributed by atoms with Crippen molar-refractivity contribution in [2.24, 2.45) is 0 Å². The van der Waals surface area contributed by atoms with Gasteiger partial charge >= 0.3 is 0 Å². The van der Waals surface area contributed by atoms with Gasteiger partial charge in [-0.15, -0.1) is 11.3 Å². The van der Waals surface area contributed by atoms with Crippen LogP contribution in [0.2, 0.25) is 0 Å². The molecule has 5 nitrogen and oxygen atoms in total. The van der Waals surface area contributed by atoms with E-state index in [9.17, 15) is 4.79 Å². The molecule has 3 heterocycles. The standard InChI is InChI=1S/C10H12N4OS/c15-10-9-8(12-6-16-9)5-13-14(10)7-1-3-11-4-2-7/h5-7,11H,1-4H2. The number of fused-ring (bicyclic) bond motifs is 1. The molecule has 3 rings (SSSR count). The first-order valence-electron chi connectivity index (χ1n) is 5.38. The second kappa shape index (κ2) is 3.95. The van der Waals surface area contributed by atoms with Crippen LogP contribution in [0.4, 0.5) is 0 Å². The van der Waals surface area contributed by atoms with Crippen LogP contribution < -0.4 is 10.9 Å². The number of hydrogen-bond acceptors (Lipinski definition) is 5. The molecule has 6 heteroatoms. The van der Waals surface area contributed by atoms with Crippen LogP contribution in [0.5, 0.6) is 0 Å². The Labute approximate surface area is 96.1 Å². The molecule has 0 bridgehead atoms. The molecule has 0 spiro atoms. The Kier molecular flexibility index (Phi) is 2.45. The number of aromatic nitrogens is 3. The second-order valence-corrected chi connectivity index (χ2v) is 4.80. The van der Waals surface area contributed by atoms with E-state index in [2.05, 4.69) is 15.4 Å². The summed E-state index contributed by atoms with van der Waals surface area (Å²) in [6.07, 6.45) is 3.63. The number of hydrogen-bond donors (Lipinski definition) is 1. The predicted octanol–water partition coefficient (Wildman–Crippen LogP) is 0.777. The van der Waals surface area contributed by atoms with Crippen molar-refractivity contribution in [2.45, 2.75) is 18.9 Å². The Morgan fingerprint density at radius 3 is 3.06 bits per heavy atom. The van der Waals surface area contributed by atoms with E-state index < -0.39 is 0 Å². The molecular weight excluding hydrogens is 224 g/mol. The lowest BCUT2D eigenvalue weighted by Crippen LogP contribution is -2.35. The molecule has 16 heavy (non-hydrogen) atoms. The molecule has 1 saturated heterocycles. The van der Waals surface area contributed by atoms with Crippen LogP contribution in [0.15, 0.2) is 16.5 Å². The molecule has 0 aliphatic carbocycles. The van der Waals surface area contributed by atoms with Crippen LogP contribution >= 0.6 is 11.3 Å². The van der Waals surface area contributed by atoms with Gasteiger partial charge in [-0.2, -0.15) is 5.10 Å². The van der Waals surface area contributed by atoms with Crippen molar-refractivity contribution in [1.82, 2.24) is 20.1 Å². The van der Waals surface area contributed by atoms with Gasteiger partial charge in [-0.05, 0) is 25.9 Å². The minimum absolute atomic E-state index is 0.00639. The number of piperidine rings is 1. The Bertz CT molecular complexity index is 555. The summed E-state index contributed by atoms with van der Waals surface area (Å²) in [5, 5.41) is 7.51. The van der Waals surface area contributed by atoms with Crippen molar-refractivity contribution in [3.8, 4) is 0 Å². The van der Waals surface area contributed by atoms with Crippen LogP contribution in [-0.4, -0.2) is 27.9 Å². The van der Waals surface area contributed by atoms with Crippen LogP contribution in [0.1, 0.15) is 18.9 Å². The summed E-state index contributed by atoms with van der Waals surface area (Å²) >= 11 is 1.39. The molecule has 84 valence electrons. The molecule has 0 radical (unpaired) electrons. The highest BCUT2D eigenvalue weighted by Crippen LogP contribution is 2.17. The molecule has 2 aromatic heterocycles. The van der Waals surface area contributed by atoms with Crippen LogP contribution in [0.3, 0.4) is 0 Å². The summed E-state index contributed by atoms with van der Waals surface area (Å²) in [4.78, 5) is 16.2. The molecule has 1 fully saturated rings. The highest BCUT2D eigenvalue weighted by Gasteiger charge is 2.18. The highest BCUT2D eigenvalue weighted by molar-refractivity contribution is 7.16. The first-order chi connectivity index (χ1) is 7.86. The van der Waals surface area contributed by atoms with Gasteiger partial charge in [0.05, 0.1) is 17.7 Å². The van der Waals surface area contributed by atoms with Gasteiger partial charge in [0.2, 0.25) is 0 Å². The zero-order valence-electron chi connectivity index (χ0n) is 8.72. The first-order valence-corrected chi connectivity index (χ1v) is 6.26. The van der Waals surface area contributed by atoms with Crippen molar-refractivity contribution < 1.29 is 0 Å². The van der Waals surface area contributed by atoms with E-state index in [4.69, 9.17) is 0 Å². The fraction of sp³-hybridized carbons (Fsp3) is 0.500. The number of rotatable bonds is 1. The van der Waals surface area contributed by atoms with Crippen LogP contribution in [0, 0.1) is 0 Å². The van der Waals surface area contributed by atoms with Gasteiger partial charge in [-0.1, -0.05) is 0 Å². The van der Waals surface area contributed by atoms with Gasteiger partial charge in [-0.25, -0.2) is 9.67 Å². The first kappa shape index (κ1) is 9.92. The van der Waals surface area contributed by atoms with Crippen molar-refractivity contribution >= 4 is 21.6 Å². The monoisotopic (exact) mass is 236 g/mol. The fourth-order valence-electron chi connectivity index (χ4n) is 2.09. The summed E-state index contributed by atoms with van der Waals surface area (Å²) in [5.74, 6) is 0. The zero-order valence-corrected chi connectivity index (χ0v) is 9.54. The molecule has 0 aromatic carbocycles. The Balaban J connectivity index is 2.09. The molecule has 1 N–H and O–H groups in total. The molecule has 1 aliphatic rings. The average Bonchev–Trinajstić information content (AvgIpc) is 2.80. The summed E-state index contributed by atoms with van der Waals surface area (Å²) in [6.45, 7) is 1.92. The smallest absolute Gasteiger partial charge is 0.286 e. The molecule has 0 amide bonds.